The molecule has 0 radical (unpaired) electrons. The number of allylic oxidation sites excluding steroid dienone is 24. The lowest BCUT2D eigenvalue weighted by atomic mass is 10.1. The molecule has 1 unspecified atom stereocenters. The van der Waals surface area contributed by atoms with E-state index in [1.807, 2.05) is 0 Å². The predicted molar refractivity (Wildman–Crippen MR) is 334 cm³/mol. The second kappa shape index (κ2) is 63.8. The zero-order chi connectivity index (χ0) is 55.7. The Hall–Kier alpha value is -4.71. The fourth-order valence-corrected chi connectivity index (χ4v) is 8.15. The first kappa shape index (κ1) is 72.3. The van der Waals surface area contributed by atoms with E-state index in [1.165, 1.54) is 83.5 Å². The first-order valence-electron chi connectivity index (χ1n) is 31.3. The van der Waals surface area contributed by atoms with Crippen molar-refractivity contribution in [3.63, 3.8) is 0 Å². The van der Waals surface area contributed by atoms with Crippen molar-refractivity contribution < 1.29 is 28.6 Å². The van der Waals surface area contributed by atoms with Crippen LogP contribution < -0.4 is 0 Å². The largest absolute Gasteiger partial charge is 0.462 e. The fourth-order valence-electron chi connectivity index (χ4n) is 8.15. The molecule has 0 N–H and O–H groups in total. The third-order valence-electron chi connectivity index (χ3n) is 12.8. The summed E-state index contributed by atoms with van der Waals surface area (Å²) < 4.78 is 16.7. The van der Waals surface area contributed by atoms with Crippen molar-refractivity contribution in [3.05, 3.63) is 146 Å². The Morgan fingerprint density at radius 3 is 0.818 bits per heavy atom. The van der Waals surface area contributed by atoms with Crippen molar-refractivity contribution in [1.29, 1.82) is 0 Å². The van der Waals surface area contributed by atoms with E-state index in [-0.39, 0.29) is 31.1 Å². The highest BCUT2D eigenvalue weighted by atomic mass is 16.6. The molecule has 0 amide bonds. The highest BCUT2D eigenvalue weighted by Gasteiger charge is 2.19. The maximum Gasteiger partial charge on any atom is 0.306 e. The van der Waals surface area contributed by atoms with Gasteiger partial charge < -0.3 is 14.2 Å². The molecule has 0 saturated heterocycles. The van der Waals surface area contributed by atoms with Crippen LogP contribution in [0, 0.1) is 0 Å². The van der Waals surface area contributed by atoms with E-state index < -0.39 is 6.10 Å². The van der Waals surface area contributed by atoms with Crippen LogP contribution in [0.5, 0.6) is 0 Å². The van der Waals surface area contributed by atoms with Gasteiger partial charge >= 0.3 is 17.9 Å². The number of unbranched alkanes of at least 4 members (excludes halogenated alkanes) is 20. The number of ether oxygens (including phenoxy) is 3. The number of hydrogen-bond acceptors (Lipinski definition) is 6. The average Bonchev–Trinajstić information content (AvgIpc) is 3.43. The lowest BCUT2D eigenvalue weighted by Gasteiger charge is -2.18. The topological polar surface area (TPSA) is 78.9 Å². The summed E-state index contributed by atoms with van der Waals surface area (Å²) in [6, 6.07) is 0. The van der Waals surface area contributed by atoms with Gasteiger partial charge in [0.1, 0.15) is 13.2 Å². The minimum Gasteiger partial charge on any atom is -0.462 e. The zero-order valence-electron chi connectivity index (χ0n) is 49.7. The maximum atomic E-state index is 12.8. The molecule has 0 saturated carbocycles. The smallest absolute Gasteiger partial charge is 0.306 e. The van der Waals surface area contributed by atoms with Crippen LogP contribution in [0.15, 0.2) is 146 Å². The molecule has 77 heavy (non-hydrogen) atoms. The molecule has 0 aromatic rings. The van der Waals surface area contributed by atoms with Crippen LogP contribution in [-0.4, -0.2) is 37.2 Å². The SMILES string of the molecule is CC/C=C\C/C=C\C/C=C\C/C=C\C/C=C\C/C=C\C/C=C\C/C=C\C/C=C\C/C=C\CCCCC(=O)OCC(COC(=O)CCCCCCC)OC(=O)CCCCCCCCCCC/C=C\C/C=C\CCCCCCC. The van der Waals surface area contributed by atoms with Crippen LogP contribution in [0.4, 0.5) is 0 Å². The van der Waals surface area contributed by atoms with Gasteiger partial charge in [0.05, 0.1) is 0 Å². The normalized spacial score (nSPS) is 13.1. The number of carbonyl (C=O) groups excluding carboxylic acids is 3. The quantitative estimate of drug-likeness (QED) is 0.0261. The molecular formula is C71H114O6. The molecule has 0 aliphatic rings. The van der Waals surface area contributed by atoms with E-state index in [2.05, 4.69) is 167 Å². The maximum absolute atomic E-state index is 12.8. The van der Waals surface area contributed by atoms with Gasteiger partial charge in [-0.2, -0.15) is 0 Å². The fraction of sp³-hybridized carbons (Fsp3) is 0.620. The van der Waals surface area contributed by atoms with Crippen LogP contribution >= 0.6 is 0 Å². The number of carbonyl (C=O) groups is 3. The minimum absolute atomic E-state index is 0.0983. The molecule has 0 spiro atoms. The van der Waals surface area contributed by atoms with Gasteiger partial charge in [0.15, 0.2) is 6.10 Å². The minimum atomic E-state index is -0.800. The van der Waals surface area contributed by atoms with Crippen LogP contribution in [0.2, 0.25) is 0 Å². The molecule has 6 nitrogen and oxygen atoms in total. The molecule has 0 rings (SSSR count). The third-order valence-corrected chi connectivity index (χ3v) is 12.8. The summed E-state index contributed by atoms with van der Waals surface area (Å²) >= 11 is 0. The van der Waals surface area contributed by atoms with E-state index in [9.17, 15) is 14.4 Å². The highest BCUT2D eigenvalue weighted by molar-refractivity contribution is 5.71. The summed E-state index contributed by atoms with van der Waals surface area (Å²) in [5.41, 5.74) is 0. The van der Waals surface area contributed by atoms with Crippen molar-refractivity contribution in [2.75, 3.05) is 13.2 Å². The zero-order valence-corrected chi connectivity index (χ0v) is 49.7. The Morgan fingerprint density at radius 2 is 0.506 bits per heavy atom. The Labute approximate surface area is 474 Å². The van der Waals surface area contributed by atoms with E-state index in [0.717, 1.165) is 135 Å². The summed E-state index contributed by atoms with van der Waals surface area (Å²) in [7, 11) is 0. The lowest BCUT2D eigenvalue weighted by Crippen LogP contribution is -2.30. The molecular weight excluding hydrogens is 949 g/mol. The molecule has 6 heteroatoms. The molecule has 434 valence electrons. The molecule has 0 heterocycles. The Balaban J connectivity index is 4.19. The second-order valence-corrected chi connectivity index (χ2v) is 20.2. The summed E-state index contributed by atoms with van der Waals surface area (Å²) in [6.45, 7) is 6.39. The number of esters is 3. The molecule has 0 bridgehead atoms. The van der Waals surface area contributed by atoms with Gasteiger partial charge in [-0.1, -0.05) is 263 Å². The average molecular weight is 1060 g/mol. The summed E-state index contributed by atoms with van der Waals surface area (Å²) in [4.78, 5) is 37.9. The monoisotopic (exact) mass is 1060 g/mol. The molecule has 0 fully saturated rings. The molecule has 0 aromatic carbocycles. The van der Waals surface area contributed by atoms with E-state index in [0.29, 0.717) is 25.7 Å². The van der Waals surface area contributed by atoms with Gasteiger partial charge in [-0.05, 0) is 128 Å². The summed E-state index contributed by atoms with van der Waals surface area (Å²) in [6.07, 6.45) is 91.8. The standard InChI is InChI=1S/C71H114O6/c1-4-7-10-13-15-17-19-21-23-25-27-29-30-31-32-33-34-35-36-37-38-39-40-42-43-45-47-49-51-53-55-58-61-64-70(73)76-67-68(66-75-69(72)63-60-57-12-9-6-3)77-71(74)65-62-59-56-54-52-50-48-46-44-41-28-26-24-22-20-18-16-14-11-8-5-2/h7,10,15,17,20-23,26-29,31-32,34-35,37-38,40,42,45,47,51,53,68H,4-6,8-9,11-14,16,18-19,24-25,30,33,36,39,41,43-44,46,48-50,52,54-67H2,1-3H3/b10-7-,17-15-,22-20-,23-21-,28-26-,29-27-,32-31-,35-34-,38-37-,42-40-,47-45-,53-51-. The van der Waals surface area contributed by atoms with Crippen molar-refractivity contribution in [3.8, 4) is 0 Å². The molecule has 0 aromatic heterocycles. The van der Waals surface area contributed by atoms with Crippen molar-refractivity contribution >= 4 is 17.9 Å². The molecule has 0 aliphatic carbocycles. The van der Waals surface area contributed by atoms with Gasteiger partial charge in [0.2, 0.25) is 0 Å². The van der Waals surface area contributed by atoms with Gasteiger partial charge in [-0.15, -0.1) is 0 Å². The Morgan fingerprint density at radius 1 is 0.273 bits per heavy atom. The number of hydrogen-bond donors (Lipinski definition) is 0. The predicted octanol–water partition coefficient (Wildman–Crippen LogP) is 21.5. The van der Waals surface area contributed by atoms with Gasteiger partial charge in [0.25, 0.3) is 0 Å². The second-order valence-electron chi connectivity index (χ2n) is 20.2. The van der Waals surface area contributed by atoms with Crippen LogP contribution in [-0.2, 0) is 28.6 Å². The summed E-state index contributed by atoms with van der Waals surface area (Å²) in [5, 5.41) is 0. The Bertz CT molecular complexity index is 1700. The number of rotatable bonds is 55. The Kier molecular flexibility index (Phi) is 59.9. The van der Waals surface area contributed by atoms with Crippen molar-refractivity contribution in [2.24, 2.45) is 0 Å². The summed E-state index contributed by atoms with van der Waals surface area (Å²) in [5.74, 6) is -0.966. The molecule has 1 atom stereocenters. The van der Waals surface area contributed by atoms with E-state index in [1.54, 1.807) is 0 Å². The third kappa shape index (κ3) is 62.0. The van der Waals surface area contributed by atoms with Gasteiger partial charge in [-0.3, -0.25) is 14.4 Å². The highest BCUT2D eigenvalue weighted by Crippen LogP contribution is 2.14. The lowest BCUT2D eigenvalue weighted by molar-refractivity contribution is -0.167. The van der Waals surface area contributed by atoms with Gasteiger partial charge in [-0.25, -0.2) is 0 Å². The first-order valence-corrected chi connectivity index (χ1v) is 31.3. The van der Waals surface area contributed by atoms with Crippen LogP contribution in [0.3, 0.4) is 0 Å². The van der Waals surface area contributed by atoms with Crippen molar-refractivity contribution in [2.45, 2.75) is 271 Å². The first-order chi connectivity index (χ1) is 38.0. The van der Waals surface area contributed by atoms with Gasteiger partial charge in [0, 0.05) is 19.3 Å². The molecule has 0 aliphatic heterocycles. The van der Waals surface area contributed by atoms with E-state index in [4.69, 9.17) is 14.2 Å². The van der Waals surface area contributed by atoms with Crippen LogP contribution in [0.25, 0.3) is 0 Å². The van der Waals surface area contributed by atoms with E-state index >= 15 is 0 Å². The van der Waals surface area contributed by atoms with Crippen LogP contribution in [0.1, 0.15) is 265 Å². The van der Waals surface area contributed by atoms with Crippen molar-refractivity contribution in [1.82, 2.24) is 0 Å².